The molecule has 0 spiro atoms. The standard InChI is InChI=1S/C17H10ClF3N2O2S/c18-11-3-1-10(2-4-11)16-23-14(9-26-16)15(24)22-12-5-7-13(8-6-12)25-17(19,20)21/h1-9H,(H,22,24). The lowest BCUT2D eigenvalue weighted by molar-refractivity contribution is -0.274. The van der Waals surface area contributed by atoms with Crippen LogP contribution in [-0.2, 0) is 0 Å². The molecule has 0 aliphatic rings. The SMILES string of the molecule is O=C(Nc1ccc(OC(F)(F)F)cc1)c1csc(-c2ccc(Cl)cc2)n1. The number of benzene rings is 2. The number of hydrogen-bond acceptors (Lipinski definition) is 4. The Balaban J connectivity index is 1.68. The molecule has 3 aromatic rings. The molecule has 0 aliphatic carbocycles. The summed E-state index contributed by atoms with van der Waals surface area (Å²) in [7, 11) is 0. The van der Waals surface area contributed by atoms with Gasteiger partial charge in [0, 0.05) is 21.7 Å². The minimum Gasteiger partial charge on any atom is -0.406 e. The Morgan fingerprint density at radius 1 is 1.08 bits per heavy atom. The highest BCUT2D eigenvalue weighted by atomic mass is 35.5. The minimum absolute atomic E-state index is 0.204. The van der Waals surface area contributed by atoms with Crippen molar-refractivity contribution in [2.45, 2.75) is 6.36 Å². The molecule has 1 N–H and O–H groups in total. The Bertz CT molecular complexity index is 909. The van der Waals surface area contributed by atoms with Crippen molar-refractivity contribution in [3.8, 4) is 16.3 Å². The zero-order chi connectivity index (χ0) is 18.7. The molecule has 2 aromatic carbocycles. The van der Waals surface area contributed by atoms with Gasteiger partial charge in [-0.25, -0.2) is 4.98 Å². The number of halogens is 4. The number of anilines is 1. The molecule has 3 rings (SSSR count). The van der Waals surface area contributed by atoms with Crippen LogP contribution in [0.2, 0.25) is 5.02 Å². The predicted molar refractivity (Wildman–Crippen MR) is 93.6 cm³/mol. The van der Waals surface area contributed by atoms with Crippen molar-refractivity contribution in [3.63, 3.8) is 0 Å². The number of amides is 1. The molecule has 0 aliphatic heterocycles. The highest BCUT2D eigenvalue weighted by Crippen LogP contribution is 2.26. The van der Waals surface area contributed by atoms with Gasteiger partial charge in [-0.05, 0) is 36.4 Å². The van der Waals surface area contributed by atoms with E-state index in [1.54, 1.807) is 29.6 Å². The van der Waals surface area contributed by atoms with Crippen LogP contribution in [0.15, 0.2) is 53.9 Å². The van der Waals surface area contributed by atoms with E-state index in [9.17, 15) is 18.0 Å². The lowest BCUT2D eigenvalue weighted by Gasteiger charge is -2.09. The van der Waals surface area contributed by atoms with Crippen molar-refractivity contribution >= 4 is 34.5 Å². The molecule has 134 valence electrons. The molecular weight excluding hydrogens is 389 g/mol. The van der Waals surface area contributed by atoms with E-state index < -0.39 is 12.3 Å². The lowest BCUT2D eigenvalue weighted by Crippen LogP contribution is -2.17. The summed E-state index contributed by atoms with van der Waals surface area (Å²) in [5.74, 6) is -0.833. The number of nitrogens with zero attached hydrogens (tertiary/aromatic N) is 1. The van der Waals surface area contributed by atoms with Gasteiger partial charge in [-0.3, -0.25) is 4.79 Å². The number of thiazole rings is 1. The van der Waals surface area contributed by atoms with E-state index in [0.717, 1.165) is 17.7 Å². The maximum absolute atomic E-state index is 12.2. The van der Waals surface area contributed by atoms with Gasteiger partial charge in [0.15, 0.2) is 0 Å². The molecule has 0 saturated carbocycles. The number of hydrogen-bond donors (Lipinski definition) is 1. The Hall–Kier alpha value is -2.58. The quantitative estimate of drug-likeness (QED) is 0.621. The van der Waals surface area contributed by atoms with Crippen LogP contribution in [0.25, 0.3) is 10.6 Å². The number of aromatic nitrogens is 1. The summed E-state index contributed by atoms with van der Waals surface area (Å²) in [5, 5.41) is 5.42. The molecule has 26 heavy (non-hydrogen) atoms. The molecule has 9 heteroatoms. The molecule has 0 fully saturated rings. The van der Waals surface area contributed by atoms with E-state index in [-0.39, 0.29) is 11.4 Å². The van der Waals surface area contributed by atoms with E-state index in [1.807, 2.05) is 0 Å². The first kappa shape index (κ1) is 18.2. The van der Waals surface area contributed by atoms with E-state index >= 15 is 0 Å². The molecule has 0 saturated heterocycles. The lowest BCUT2D eigenvalue weighted by atomic mass is 10.2. The first-order valence-corrected chi connectivity index (χ1v) is 8.44. The zero-order valence-electron chi connectivity index (χ0n) is 12.9. The summed E-state index contributed by atoms with van der Waals surface area (Å²) in [5.41, 5.74) is 1.35. The van der Waals surface area contributed by atoms with Crippen LogP contribution < -0.4 is 10.1 Å². The third-order valence-electron chi connectivity index (χ3n) is 3.17. The summed E-state index contributed by atoms with van der Waals surface area (Å²) in [6, 6.07) is 11.9. The molecule has 4 nitrogen and oxygen atoms in total. The summed E-state index contributed by atoms with van der Waals surface area (Å²) >= 11 is 7.14. The molecule has 0 atom stereocenters. The fourth-order valence-corrected chi connectivity index (χ4v) is 2.97. The van der Waals surface area contributed by atoms with Gasteiger partial charge in [-0.2, -0.15) is 0 Å². The van der Waals surface area contributed by atoms with Gasteiger partial charge in [0.25, 0.3) is 5.91 Å². The van der Waals surface area contributed by atoms with Crippen molar-refractivity contribution in [2.75, 3.05) is 5.32 Å². The van der Waals surface area contributed by atoms with E-state index in [4.69, 9.17) is 11.6 Å². The van der Waals surface area contributed by atoms with Crippen molar-refractivity contribution < 1.29 is 22.7 Å². The highest BCUT2D eigenvalue weighted by molar-refractivity contribution is 7.13. The number of carbonyl (C=O) groups excluding carboxylic acids is 1. The Labute approximate surface area is 155 Å². The van der Waals surface area contributed by atoms with Crippen LogP contribution >= 0.6 is 22.9 Å². The van der Waals surface area contributed by atoms with Gasteiger partial charge in [0.05, 0.1) is 0 Å². The van der Waals surface area contributed by atoms with Crippen molar-refractivity contribution in [2.24, 2.45) is 0 Å². The fourth-order valence-electron chi connectivity index (χ4n) is 2.04. The van der Waals surface area contributed by atoms with Crippen LogP contribution in [-0.4, -0.2) is 17.3 Å². The summed E-state index contributed by atoms with van der Waals surface area (Å²) in [6.07, 6.45) is -4.76. The van der Waals surface area contributed by atoms with Gasteiger partial charge in [-0.1, -0.05) is 23.7 Å². The first-order chi connectivity index (χ1) is 12.3. The van der Waals surface area contributed by atoms with Crippen LogP contribution in [0.5, 0.6) is 5.75 Å². The number of ether oxygens (including phenoxy) is 1. The van der Waals surface area contributed by atoms with E-state index in [0.29, 0.717) is 15.7 Å². The van der Waals surface area contributed by atoms with E-state index in [1.165, 1.54) is 23.5 Å². The zero-order valence-corrected chi connectivity index (χ0v) is 14.5. The Morgan fingerprint density at radius 2 is 1.73 bits per heavy atom. The fraction of sp³-hybridized carbons (Fsp3) is 0.0588. The summed E-state index contributed by atoms with van der Waals surface area (Å²) in [6.45, 7) is 0. The maximum atomic E-state index is 12.2. The smallest absolute Gasteiger partial charge is 0.406 e. The Morgan fingerprint density at radius 3 is 2.35 bits per heavy atom. The van der Waals surface area contributed by atoms with Crippen LogP contribution in [0.1, 0.15) is 10.5 Å². The first-order valence-electron chi connectivity index (χ1n) is 7.19. The largest absolute Gasteiger partial charge is 0.573 e. The second-order valence-corrected chi connectivity index (χ2v) is 6.37. The minimum atomic E-state index is -4.76. The van der Waals surface area contributed by atoms with Crippen molar-refractivity contribution in [1.29, 1.82) is 0 Å². The predicted octanol–water partition coefficient (Wildman–Crippen LogP) is 5.61. The number of rotatable bonds is 4. The normalized spacial score (nSPS) is 11.2. The average molecular weight is 399 g/mol. The molecule has 0 radical (unpaired) electrons. The van der Waals surface area contributed by atoms with Gasteiger partial charge in [0.1, 0.15) is 16.5 Å². The molecule has 1 amide bonds. The van der Waals surface area contributed by atoms with E-state index in [2.05, 4.69) is 15.0 Å². The van der Waals surface area contributed by atoms with Gasteiger partial charge in [-0.15, -0.1) is 24.5 Å². The average Bonchev–Trinajstić information content (AvgIpc) is 3.06. The molecular formula is C17H10ClF3N2O2S. The monoisotopic (exact) mass is 398 g/mol. The topological polar surface area (TPSA) is 51.2 Å². The summed E-state index contributed by atoms with van der Waals surface area (Å²) in [4.78, 5) is 16.5. The van der Waals surface area contributed by atoms with Crippen LogP contribution in [0.3, 0.4) is 0 Å². The maximum Gasteiger partial charge on any atom is 0.573 e. The molecule has 1 heterocycles. The third kappa shape index (κ3) is 4.74. The van der Waals surface area contributed by atoms with Crippen molar-refractivity contribution in [1.82, 2.24) is 4.98 Å². The third-order valence-corrected chi connectivity index (χ3v) is 4.32. The van der Waals surface area contributed by atoms with Gasteiger partial charge >= 0.3 is 6.36 Å². The molecule has 0 bridgehead atoms. The van der Waals surface area contributed by atoms with Crippen LogP contribution in [0, 0.1) is 0 Å². The Kier molecular flexibility index (Phi) is 5.15. The number of carbonyl (C=O) groups is 1. The highest BCUT2D eigenvalue weighted by Gasteiger charge is 2.31. The second kappa shape index (κ2) is 7.35. The molecule has 0 unspecified atom stereocenters. The van der Waals surface area contributed by atoms with Gasteiger partial charge in [0.2, 0.25) is 0 Å². The van der Waals surface area contributed by atoms with Gasteiger partial charge < -0.3 is 10.1 Å². The summed E-state index contributed by atoms with van der Waals surface area (Å²) < 4.78 is 40.2. The van der Waals surface area contributed by atoms with Crippen LogP contribution in [0.4, 0.5) is 18.9 Å². The number of alkyl halides is 3. The number of nitrogens with one attached hydrogen (secondary N) is 1. The molecule has 1 aromatic heterocycles. The van der Waals surface area contributed by atoms with Crippen molar-refractivity contribution in [3.05, 3.63) is 64.6 Å². The second-order valence-electron chi connectivity index (χ2n) is 5.07.